The Kier molecular flexibility index (Phi) is 6.14. The number of benzene rings is 3. The molecule has 0 spiro atoms. The summed E-state index contributed by atoms with van der Waals surface area (Å²) in [7, 11) is -1.45. The molecule has 1 aromatic heterocycles. The van der Waals surface area contributed by atoms with Gasteiger partial charge in [-0.3, -0.25) is 0 Å². The quantitative estimate of drug-likeness (QED) is 0.379. The van der Waals surface area contributed by atoms with Gasteiger partial charge in [0.2, 0.25) is 5.88 Å². The molecule has 4 aromatic rings. The average molecular weight is 488 g/mol. The first-order chi connectivity index (χ1) is 15.8. The molecule has 0 aliphatic heterocycles. The minimum atomic E-state index is -4.29. The van der Waals surface area contributed by atoms with Crippen molar-refractivity contribution >= 4 is 32.5 Å². The van der Waals surface area contributed by atoms with Gasteiger partial charge in [0.25, 0.3) is 10.0 Å². The van der Waals surface area contributed by atoms with Gasteiger partial charge < -0.3 is 19.3 Å². The topological polar surface area (TPSA) is 87.0 Å². The first-order valence-electron chi connectivity index (χ1n) is 10.1. The number of aromatic hydroxyl groups is 1. The summed E-state index contributed by atoms with van der Waals surface area (Å²) in [6.07, 6.45) is 0. The molecule has 7 nitrogen and oxygen atoms in total. The van der Waals surface area contributed by atoms with Crippen LogP contribution in [0.3, 0.4) is 0 Å². The highest BCUT2D eigenvalue weighted by Crippen LogP contribution is 2.46. The minimum absolute atomic E-state index is 0.0841. The molecule has 1 N–H and O–H groups in total. The van der Waals surface area contributed by atoms with E-state index in [0.717, 1.165) is 3.97 Å². The number of hydrogen-bond donors (Lipinski definition) is 1. The molecular formula is C24H22ClNO6S. The third-order valence-electron chi connectivity index (χ3n) is 5.21. The molecule has 172 valence electrons. The largest absolute Gasteiger partial charge is 0.497 e. The molecule has 3 aromatic carbocycles. The molecule has 0 aliphatic carbocycles. The average Bonchev–Trinajstić information content (AvgIpc) is 3.10. The van der Waals surface area contributed by atoms with Crippen LogP contribution in [0, 0.1) is 0 Å². The van der Waals surface area contributed by atoms with Gasteiger partial charge in [-0.1, -0.05) is 29.8 Å². The third kappa shape index (κ3) is 3.85. The van der Waals surface area contributed by atoms with Crippen LogP contribution in [-0.4, -0.2) is 38.3 Å². The van der Waals surface area contributed by atoms with Gasteiger partial charge in [-0.15, -0.1) is 0 Å². The number of halogens is 1. The Bertz CT molecular complexity index is 1450. The van der Waals surface area contributed by atoms with E-state index in [1.165, 1.54) is 32.4 Å². The number of hydrogen-bond acceptors (Lipinski definition) is 6. The maximum absolute atomic E-state index is 13.8. The molecule has 0 saturated carbocycles. The molecule has 9 heteroatoms. The normalized spacial score (nSPS) is 11.5. The smallest absolute Gasteiger partial charge is 0.274 e. The second-order valence-electron chi connectivity index (χ2n) is 7.08. The number of fused-ring (bicyclic) bond motifs is 1. The number of nitrogens with zero attached hydrogens (tertiary/aromatic N) is 1. The van der Waals surface area contributed by atoms with Crippen LogP contribution in [0.15, 0.2) is 65.6 Å². The summed E-state index contributed by atoms with van der Waals surface area (Å²) in [4.78, 5) is -0.127. The third-order valence-corrected chi connectivity index (χ3v) is 7.19. The van der Waals surface area contributed by atoms with Gasteiger partial charge in [0.15, 0.2) is 0 Å². The lowest BCUT2D eigenvalue weighted by atomic mass is 10.0. The molecule has 0 radical (unpaired) electrons. The van der Waals surface area contributed by atoms with Gasteiger partial charge >= 0.3 is 0 Å². The van der Waals surface area contributed by atoms with E-state index in [2.05, 4.69) is 0 Å². The zero-order valence-electron chi connectivity index (χ0n) is 18.2. The summed E-state index contributed by atoms with van der Waals surface area (Å²) in [6.45, 7) is 2.25. The molecular weight excluding hydrogens is 466 g/mol. The monoisotopic (exact) mass is 487 g/mol. The van der Waals surface area contributed by atoms with E-state index in [1.54, 1.807) is 42.5 Å². The van der Waals surface area contributed by atoms with E-state index in [0.29, 0.717) is 39.6 Å². The maximum atomic E-state index is 13.8. The van der Waals surface area contributed by atoms with Crippen molar-refractivity contribution in [2.24, 2.45) is 0 Å². The minimum Gasteiger partial charge on any atom is -0.497 e. The predicted molar refractivity (Wildman–Crippen MR) is 127 cm³/mol. The van der Waals surface area contributed by atoms with Crippen LogP contribution < -0.4 is 14.2 Å². The standard InChI is InChI=1S/C24H22ClNO6S/c1-4-32-20-8-6-5-7-17(20)23-18-13-15(25)9-11-19(18)26(24(23)27)33(28,29)22-12-10-16(30-2)14-21(22)31-3/h5-14,27H,4H2,1-3H3. The van der Waals surface area contributed by atoms with Crippen LogP contribution in [0.5, 0.6) is 23.1 Å². The summed E-state index contributed by atoms with van der Waals surface area (Å²) in [5.41, 5.74) is 1.10. The van der Waals surface area contributed by atoms with Gasteiger partial charge in [0.05, 0.1) is 31.9 Å². The van der Waals surface area contributed by atoms with Crippen molar-refractivity contribution in [2.45, 2.75) is 11.8 Å². The number of ether oxygens (including phenoxy) is 3. The highest BCUT2D eigenvalue weighted by molar-refractivity contribution is 7.90. The zero-order valence-corrected chi connectivity index (χ0v) is 19.8. The van der Waals surface area contributed by atoms with Crippen LogP contribution >= 0.6 is 11.6 Å². The molecule has 0 aliphatic rings. The summed E-state index contributed by atoms with van der Waals surface area (Å²) in [6, 6.07) is 16.2. The lowest BCUT2D eigenvalue weighted by Gasteiger charge is -2.14. The molecule has 1 heterocycles. The van der Waals surface area contributed by atoms with Gasteiger partial charge in [-0.2, -0.15) is 0 Å². The number of methoxy groups -OCH3 is 2. The summed E-state index contributed by atoms with van der Waals surface area (Å²) >= 11 is 6.25. The number of para-hydroxylation sites is 1. The Labute approximate surface area is 196 Å². The lowest BCUT2D eigenvalue weighted by molar-refractivity contribution is 0.341. The number of aromatic nitrogens is 1. The highest BCUT2D eigenvalue weighted by Gasteiger charge is 2.31. The van der Waals surface area contributed by atoms with E-state index < -0.39 is 15.9 Å². The van der Waals surface area contributed by atoms with Gasteiger partial charge in [0.1, 0.15) is 22.1 Å². The van der Waals surface area contributed by atoms with E-state index in [4.69, 9.17) is 25.8 Å². The van der Waals surface area contributed by atoms with Gasteiger partial charge in [-0.25, -0.2) is 12.4 Å². The molecule has 0 fully saturated rings. The molecule has 33 heavy (non-hydrogen) atoms. The predicted octanol–water partition coefficient (Wildman–Crippen LogP) is 5.32. The van der Waals surface area contributed by atoms with Crippen molar-refractivity contribution in [1.82, 2.24) is 3.97 Å². The SMILES string of the molecule is CCOc1ccccc1-c1c(O)n(S(=O)(=O)c2ccc(OC)cc2OC)c2ccc(Cl)cc12. The van der Waals surface area contributed by atoms with Gasteiger partial charge in [-0.05, 0) is 43.3 Å². The Morgan fingerprint density at radius 3 is 2.42 bits per heavy atom. The van der Waals surface area contributed by atoms with E-state index in [-0.39, 0.29) is 16.2 Å². The maximum Gasteiger partial charge on any atom is 0.274 e. The Morgan fingerprint density at radius 1 is 0.970 bits per heavy atom. The fourth-order valence-corrected chi connectivity index (χ4v) is 5.51. The van der Waals surface area contributed by atoms with Crippen molar-refractivity contribution in [1.29, 1.82) is 0 Å². The van der Waals surface area contributed by atoms with E-state index >= 15 is 0 Å². The van der Waals surface area contributed by atoms with Crippen molar-refractivity contribution in [3.8, 4) is 34.3 Å². The van der Waals surface area contributed by atoms with Crippen molar-refractivity contribution < 1.29 is 27.7 Å². The fourth-order valence-electron chi connectivity index (χ4n) is 3.77. The molecule has 0 unspecified atom stereocenters. The first-order valence-corrected chi connectivity index (χ1v) is 11.9. The first kappa shape index (κ1) is 22.8. The molecule has 0 saturated heterocycles. The van der Waals surface area contributed by atoms with Crippen molar-refractivity contribution in [2.75, 3.05) is 20.8 Å². The second kappa shape index (κ2) is 8.88. The Hall–Kier alpha value is -3.36. The number of rotatable bonds is 7. The van der Waals surface area contributed by atoms with Gasteiger partial charge in [0, 0.05) is 22.0 Å². The van der Waals surface area contributed by atoms with Crippen molar-refractivity contribution in [3.05, 3.63) is 65.7 Å². The van der Waals surface area contributed by atoms with Crippen LogP contribution in [0.4, 0.5) is 0 Å². The van der Waals surface area contributed by atoms with E-state index in [1.807, 2.05) is 6.92 Å². The summed E-state index contributed by atoms with van der Waals surface area (Å²) < 4.78 is 44.7. The molecule has 0 bridgehead atoms. The Morgan fingerprint density at radius 2 is 1.73 bits per heavy atom. The highest BCUT2D eigenvalue weighted by atomic mass is 35.5. The molecule has 0 atom stereocenters. The van der Waals surface area contributed by atoms with Crippen molar-refractivity contribution in [3.63, 3.8) is 0 Å². The lowest BCUT2D eigenvalue weighted by Crippen LogP contribution is -2.13. The fraction of sp³-hybridized carbons (Fsp3) is 0.167. The Balaban J connectivity index is 2.06. The van der Waals surface area contributed by atoms with Crippen LogP contribution in [0.1, 0.15) is 6.92 Å². The second-order valence-corrected chi connectivity index (χ2v) is 9.27. The molecule has 4 rings (SSSR count). The summed E-state index contributed by atoms with van der Waals surface area (Å²) in [5.74, 6) is 0.567. The summed E-state index contributed by atoms with van der Waals surface area (Å²) in [5, 5.41) is 12.2. The van der Waals surface area contributed by atoms with E-state index in [9.17, 15) is 13.5 Å². The van der Waals surface area contributed by atoms with Crippen LogP contribution in [0.25, 0.3) is 22.0 Å². The molecule has 0 amide bonds. The van der Waals surface area contributed by atoms with Crippen LogP contribution in [0.2, 0.25) is 5.02 Å². The zero-order chi connectivity index (χ0) is 23.8. The van der Waals surface area contributed by atoms with Crippen LogP contribution in [-0.2, 0) is 10.0 Å².